The Bertz CT molecular complexity index is 418. The van der Waals surface area contributed by atoms with E-state index in [4.69, 9.17) is 0 Å². The lowest BCUT2D eigenvalue weighted by Crippen LogP contribution is -2.45. The quantitative estimate of drug-likeness (QED) is 0.786. The average Bonchev–Trinajstić information content (AvgIpc) is 2.43. The van der Waals surface area contributed by atoms with Crippen LogP contribution in [0.25, 0.3) is 0 Å². The van der Waals surface area contributed by atoms with E-state index < -0.39 is 5.60 Å². The Morgan fingerprint density at radius 3 is 2.74 bits per heavy atom. The second kappa shape index (κ2) is 6.91. The van der Waals surface area contributed by atoms with Gasteiger partial charge >= 0.3 is 0 Å². The zero-order valence-electron chi connectivity index (χ0n) is 11.9. The standard InChI is InChI=1S/C14H22N2O2S/c1-5-10(2)14(3,18)9-16-13(17)11-6-7-12(19-4)15-8-11/h6-8,10,18H,5,9H2,1-4H3,(H,16,17). The summed E-state index contributed by atoms with van der Waals surface area (Å²) in [6.07, 6.45) is 4.36. The molecule has 0 aliphatic carbocycles. The zero-order chi connectivity index (χ0) is 14.5. The van der Waals surface area contributed by atoms with Crippen molar-refractivity contribution in [2.75, 3.05) is 12.8 Å². The number of rotatable bonds is 6. The van der Waals surface area contributed by atoms with Gasteiger partial charge in [0, 0.05) is 12.7 Å². The molecule has 0 spiro atoms. The van der Waals surface area contributed by atoms with Crippen molar-refractivity contribution < 1.29 is 9.90 Å². The topological polar surface area (TPSA) is 62.2 Å². The number of nitrogens with one attached hydrogen (secondary N) is 1. The molecule has 0 aliphatic heterocycles. The maximum atomic E-state index is 11.9. The van der Waals surface area contributed by atoms with Gasteiger partial charge in [0.05, 0.1) is 16.2 Å². The minimum Gasteiger partial charge on any atom is -0.388 e. The van der Waals surface area contributed by atoms with Crippen LogP contribution >= 0.6 is 11.8 Å². The van der Waals surface area contributed by atoms with Crippen LogP contribution in [0.2, 0.25) is 0 Å². The molecule has 1 aromatic rings. The number of hydrogen-bond acceptors (Lipinski definition) is 4. The number of aromatic nitrogens is 1. The van der Waals surface area contributed by atoms with Gasteiger partial charge in [0.2, 0.25) is 0 Å². The molecule has 0 aliphatic rings. The molecule has 0 radical (unpaired) electrons. The van der Waals surface area contributed by atoms with Crippen LogP contribution in [0.1, 0.15) is 37.6 Å². The molecule has 19 heavy (non-hydrogen) atoms. The van der Waals surface area contributed by atoms with E-state index in [1.165, 1.54) is 11.8 Å². The largest absolute Gasteiger partial charge is 0.388 e. The highest BCUT2D eigenvalue weighted by Crippen LogP contribution is 2.19. The van der Waals surface area contributed by atoms with Gasteiger partial charge < -0.3 is 10.4 Å². The number of aliphatic hydroxyl groups is 1. The number of carbonyl (C=O) groups is 1. The molecular formula is C14H22N2O2S. The summed E-state index contributed by atoms with van der Waals surface area (Å²) in [4.78, 5) is 16.1. The van der Waals surface area contributed by atoms with Crippen molar-refractivity contribution in [3.8, 4) is 0 Å². The van der Waals surface area contributed by atoms with Crippen LogP contribution in [-0.2, 0) is 0 Å². The van der Waals surface area contributed by atoms with Gasteiger partial charge in [-0.1, -0.05) is 20.3 Å². The minimum absolute atomic E-state index is 0.129. The molecule has 0 fully saturated rings. The van der Waals surface area contributed by atoms with Gasteiger partial charge in [-0.25, -0.2) is 4.98 Å². The lowest BCUT2D eigenvalue weighted by molar-refractivity contribution is 0.00592. The van der Waals surface area contributed by atoms with Crippen molar-refractivity contribution in [2.24, 2.45) is 5.92 Å². The van der Waals surface area contributed by atoms with Gasteiger partial charge in [-0.15, -0.1) is 11.8 Å². The second-order valence-electron chi connectivity index (χ2n) is 4.94. The van der Waals surface area contributed by atoms with E-state index in [0.29, 0.717) is 5.56 Å². The molecule has 2 atom stereocenters. The third kappa shape index (κ3) is 4.51. The lowest BCUT2D eigenvalue weighted by Gasteiger charge is -2.29. The van der Waals surface area contributed by atoms with Crippen molar-refractivity contribution >= 4 is 17.7 Å². The average molecular weight is 282 g/mol. The monoisotopic (exact) mass is 282 g/mol. The van der Waals surface area contributed by atoms with Gasteiger partial charge in [-0.2, -0.15) is 0 Å². The van der Waals surface area contributed by atoms with Crippen molar-refractivity contribution in [3.05, 3.63) is 23.9 Å². The fraction of sp³-hybridized carbons (Fsp3) is 0.571. The molecular weight excluding hydrogens is 260 g/mol. The first-order valence-corrected chi connectivity index (χ1v) is 7.63. The summed E-state index contributed by atoms with van der Waals surface area (Å²) in [5, 5.41) is 13.9. The van der Waals surface area contributed by atoms with Gasteiger partial charge in [-0.3, -0.25) is 4.79 Å². The number of pyridine rings is 1. The van der Waals surface area contributed by atoms with E-state index >= 15 is 0 Å². The molecule has 1 rings (SSSR count). The first-order chi connectivity index (χ1) is 8.90. The number of nitrogens with zero attached hydrogens (tertiary/aromatic N) is 1. The fourth-order valence-corrected chi connectivity index (χ4v) is 1.97. The molecule has 0 bridgehead atoms. The van der Waals surface area contributed by atoms with Crippen LogP contribution in [0.15, 0.2) is 23.4 Å². The van der Waals surface area contributed by atoms with E-state index in [1.807, 2.05) is 26.2 Å². The van der Waals surface area contributed by atoms with E-state index in [1.54, 1.807) is 19.2 Å². The molecule has 2 unspecified atom stereocenters. The Morgan fingerprint density at radius 1 is 1.58 bits per heavy atom. The summed E-state index contributed by atoms with van der Waals surface area (Å²) >= 11 is 1.53. The van der Waals surface area contributed by atoms with E-state index in [2.05, 4.69) is 10.3 Å². The molecule has 1 amide bonds. The number of thioether (sulfide) groups is 1. The van der Waals surface area contributed by atoms with Gasteiger partial charge in [0.25, 0.3) is 5.91 Å². The number of hydrogen-bond donors (Lipinski definition) is 2. The molecule has 1 heterocycles. The number of amides is 1. The molecule has 0 saturated carbocycles. The summed E-state index contributed by atoms with van der Waals surface area (Å²) in [6, 6.07) is 3.55. The second-order valence-corrected chi connectivity index (χ2v) is 5.76. The summed E-state index contributed by atoms with van der Waals surface area (Å²) in [6.45, 7) is 5.98. The predicted molar refractivity (Wildman–Crippen MR) is 78.4 cm³/mol. The zero-order valence-corrected chi connectivity index (χ0v) is 12.8. The van der Waals surface area contributed by atoms with Crippen LogP contribution in [-0.4, -0.2) is 34.4 Å². The Labute approximate surface area is 119 Å². The Balaban J connectivity index is 2.59. The molecule has 0 saturated heterocycles. The molecule has 0 aromatic carbocycles. The highest BCUT2D eigenvalue weighted by atomic mass is 32.2. The summed E-state index contributed by atoms with van der Waals surface area (Å²) in [7, 11) is 0. The van der Waals surface area contributed by atoms with Crippen LogP contribution in [0.3, 0.4) is 0 Å². The Kier molecular flexibility index (Phi) is 5.82. The summed E-state index contributed by atoms with van der Waals surface area (Å²) in [5.41, 5.74) is -0.380. The van der Waals surface area contributed by atoms with Crippen LogP contribution in [0.5, 0.6) is 0 Å². The maximum absolute atomic E-state index is 11.9. The first-order valence-electron chi connectivity index (χ1n) is 6.41. The highest BCUT2D eigenvalue weighted by molar-refractivity contribution is 7.98. The minimum atomic E-state index is -0.892. The van der Waals surface area contributed by atoms with Crippen molar-refractivity contribution in [3.63, 3.8) is 0 Å². The molecule has 106 valence electrons. The first kappa shape index (κ1) is 16.0. The molecule has 1 aromatic heterocycles. The van der Waals surface area contributed by atoms with Crippen molar-refractivity contribution in [1.82, 2.24) is 10.3 Å². The third-order valence-corrected chi connectivity index (χ3v) is 4.15. The van der Waals surface area contributed by atoms with Crippen LogP contribution < -0.4 is 5.32 Å². The van der Waals surface area contributed by atoms with Gasteiger partial charge in [0.15, 0.2) is 0 Å². The van der Waals surface area contributed by atoms with E-state index in [9.17, 15) is 9.90 Å². The SMILES string of the molecule is CCC(C)C(C)(O)CNC(=O)c1ccc(SC)nc1. The Morgan fingerprint density at radius 2 is 2.26 bits per heavy atom. The normalized spacial score (nSPS) is 15.6. The third-order valence-electron chi connectivity index (χ3n) is 3.49. The maximum Gasteiger partial charge on any atom is 0.252 e. The van der Waals surface area contributed by atoms with Gasteiger partial charge in [-0.05, 0) is 31.2 Å². The summed E-state index contributed by atoms with van der Waals surface area (Å²) in [5.74, 6) is -0.0754. The predicted octanol–water partition coefficient (Wildman–Crippen LogP) is 2.33. The lowest BCUT2D eigenvalue weighted by atomic mass is 9.88. The Hall–Kier alpha value is -1.07. The highest BCUT2D eigenvalue weighted by Gasteiger charge is 2.27. The molecule has 2 N–H and O–H groups in total. The van der Waals surface area contributed by atoms with Crippen molar-refractivity contribution in [1.29, 1.82) is 0 Å². The van der Waals surface area contributed by atoms with Crippen molar-refractivity contribution in [2.45, 2.75) is 37.8 Å². The van der Waals surface area contributed by atoms with Crippen LogP contribution in [0.4, 0.5) is 0 Å². The number of carbonyl (C=O) groups excluding carboxylic acids is 1. The smallest absolute Gasteiger partial charge is 0.252 e. The van der Waals surface area contributed by atoms with Gasteiger partial charge in [0.1, 0.15) is 0 Å². The molecule has 4 nitrogen and oxygen atoms in total. The van der Waals surface area contributed by atoms with Crippen LogP contribution in [0, 0.1) is 5.92 Å². The van der Waals surface area contributed by atoms with E-state index in [-0.39, 0.29) is 18.4 Å². The van der Waals surface area contributed by atoms with E-state index in [0.717, 1.165) is 11.4 Å². The summed E-state index contributed by atoms with van der Waals surface area (Å²) < 4.78 is 0. The molecule has 5 heteroatoms. The fourth-order valence-electron chi connectivity index (χ4n) is 1.61.